The Morgan fingerprint density at radius 1 is 0.948 bits per heavy atom. The number of benzene rings is 2. The molecule has 5 N–H and O–H groups in total. The van der Waals surface area contributed by atoms with Gasteiger partial charge in [-0.2, -0.15) is 13.2 Å². The number of phenolic OH excluding ortho intramolecular Hbond substituents is 1. The van der Waals surface area contributed by atoms with Crippen LogP contribution in [0.4, 0.5) is 19.0 Å². The van der Waals surface area contributed by atoms with Gasteiger partial charge < -0.3 is 45.1 Å². The summed E-state index contributed by atoms with van der Waals surface area (Å²) in [5, 5.41) is 27.8. The van der Waals surface area contributed by atoms with Gasteiger partial charge in [0.1, 0.15) is 42.2 Å². The number of hydrogen-bond acceptors (Lipinski definition) is 12. The summed E-state index contributed by atoms with van der Waals surface area (Å²) >= 11 is 8.08. The Morgan fingerprint density at radius 2 is 1.60 bits per heavy atom. The maximum atomic E-state index is 13.3. The number of aliphatic hydroxyl groups excluding tert-OH is 1. The molecule has 314 valence electrons. The third-order valence-corrected chi connectivity index (χ3v) is 12.5. The van der Waals surface area contributed by atoms with Crippen LogP contribution in [0.25, 0.3) is 11.2 Å². The molecule has 5 atom stereocenters. The summed E-state index contributed by atoms with van der Waals surface area (Å²) < 4.78 is 68.2. The molecule has 6 rings (SSSR count). The number of unbranched alkanes of at least 4 members (excludes halogenated alkanes) is 3. The number of carbonyl (C=O) groups is 2. The number of imidazole rings is 1. The van der Waals surface area contributed by atoms with Crippen LogP contribution in [-0.4, -0.2) is 97.6 Å². The van der Waals surface area contributed by atoms with Crippen LogP contribution in [-0.2, 0) is 30.2 Å². The SMILES string of the molecule is CC1(C)O[C@@H]2[C@H](O1)[C@@H](CO)O[C@H]2n1cnc2c(NCCCCCCNC(=O)[C@H](Cc3cc(I)c(Oc4cc(I)c(O)c(I)c4)c(I)c3)NC(=O)C(F)(F)F)ncnc21. The number of ether oxygens (including phenoxy) is 4. The summed E-state index contributed by atoms with van der Waals surface area (Å²) in [6.07, 6.45) is -1.61. The van der Waals surface area contributed by atoms with Gasteiger partial charge in [-0.05, 0) is 147 Å². The van der Waals surface area contributed by atoms with Gasteiger partial charge in [-0.15, -0.1) is 0 Å². The Hall–Kier alpha value is -2.12. The van der Waals surface area contributed by atoms with Gasteiger partial charge in [0, 0.05) is 19.5 Å². The normalized spacial score (nSPS) is 20.5. The Balaban J connectivity index is 0.986. The lowest BCUT2D eigenvalue weighted by Gasteiger charge is -2.24. The summed E-state index contributed by atoms with van der Waals surface area (Å²) in [7, 11) is 0. The molecule has 4 aromatic rings. The van der Waals surface area contributed by atoms with Crippen molar-refractivity contribution in [1.29, 1.82) is 0 Å². The number of aromatic hydroxyl groups is 1. The first kappa shape index (κ1) is 45.4. The van der Waals surface area contributed by atoms with E-state index in [1.807, 2.05) is 110 Å². The number of aliphatic hydroxyl groups is 1. The lowest BCUT2D eigenvalue weighted by atomic mass is 10.0. The molecule has 2 aliphatic rings. The molecule has 0 bridgehead atoms. The number of fused-ring (bicyclic) bond motifs is 2. The number of alkyl halides is 3. The van der Waals surface area contributed by atoms with E-state index in [4.69, 9.17) is 18.9 Å². The highest BCUT2D eigenvalue weighted by molar-refractivity contribution is 14.1. The summed E-state index contributed by atoms with van der Waals surface area (Å²) in [5.74, 6) is -2.09. The van der Waals surface area contributed by atoms with Crippen molar-refractivity contribution in [2.75, 3.05) is 25.0 Å². The molecule has 2 fully saturated rings. The van der Waals surface area contributed by atoms with Gasteiger partial charge in [-0.3, -0.25) is 14.2 Å². The van der Waals surface area contributed by atoms with Crippen molar-refractivity contribution < 1.29 is 51.9 Å². The molecule has 4 heterocycles. The zero-order chi connectivity index (χ0) is 41.9. The third-order valence-electron chi connectivity index (χ3n) is 9.22. The van der Waals surface area contributed by atoms with Crippen LogP contribution in [0.1, 0.15) is 51.3 Å². The predicted molar refractivity (Wildman–Crippen MR) is 237 cm³/mol. The average molecular weight is 1260 g/mol. The van der Waals surface area contributed by atoms with Crippen LogP contribution in [0.5, 0.6) is 17.2 Å². The molecule has 0 radical (unpaired) electrons. The number of hydrogen-bond donors (Lipinski definition) is 5. The van der Waals surface area contributed by atoms with Crippen molar-refractivity contribution in [2.45, 2.75) is 88.5 Å². The van der Waals surface area contributed by atoms with Crippen LogP contribution in [0.15, 0.2) is 36.9 Å². The van der Waals surface area contributed by atoms with Crippen LogP contribution >= 0.6 is 90.4 Å². The van der Waals surface area contributed by atoms with Gasteiger partial charge in [-0.1, -0.05) is 12.8 Å². The van der Waals surface area contributed by atoms with Crippen molar-refractivity contribution in [3.8, 4) is 17.2 Å². The number of nitrogens with one attached hydrogen (secondary N) is 3. The van der Waals surface area contributed by atoms with E-state index in [0.717, 1.165) is 19.3 Å². The Morgan fingerprint density at radius 3 is 2.26 bits per heavy atom. The van der Waals surface area contributed by atoms with Crippen molar-refractivity contribution in [3.05, 3.63) is 56.8 Å². The topological polar surface area (TPSA) is 191 Å². The van der Waals surface area contributed by atoms with Crippen molar-refractivity contribution in [3.63, 3.8) is 0 Å². The second-order valence-electron chi connectivity index (χ2n) is 13.9. The molecule has 2 saturated heterocycles. The minimum Gasteiger partial charge on any atom is -0.506 e. The molecule has 0 aliphatic carbocycles. The van der Waals surface area contributed by atoms with E-state index >= 15 is 0 Å². The summed E-state index contributed by atoms with van der Waals surface area (Å²) in [6.45, 7) is 4.16. The molecule has 0 unspecified atom stereocenters. The number of anilines is 1. The number of halogens is 7. The van der Waals surface area contributed by atoms with Gasteiger partial charge in [0.2, 0.25) is 5.91 Å². The average Bonchev–Trinajstić information content (AvgIpc) is 3.82. The molecular formula is C36H38F3I4N7O8. The first-order valence-electron chi connectivity index (χ1n) is 18.0. The molecule has 2 amide bonds. The molecule has 15 nitrogen and oxygen atoms in total. The van der Waals surface area contributed by atoms with Crippen molar-refractivity contribution >= 4 is 119 Å². The number of carbonyl (C=O) groups excluding carboxylic acids is 2. The van der Waals surface area contributed by atoms with E-state index < -0.39 is 54.4 Å². The quantitative estimate of drug-likeness (QED) is 0.0604. The lowest BCUT2D eigenvalue weighted by molar-refractivity contribution is -0.199. The summed E-state index contributed by atoms with van der Waals surface area (Å²) in [4.78, 5) is 38.4. The minimum absolute atomic E-state index is 0.145. The zero-order valence-electron chi connectivity index (χ0n) is 30.8. The number of phenols is 1. The van der Waals surface area contributed by atoms with Gasteiger partial charge in [-0.25, -0.2) is 15.0 Å². The van der Waals surface area contributed by atoms with E-state index in [9.17, 15) is 33.0 Å². The van der Waals surface area contributed by atoms with Crippen LogP contribution in [0.3, 0.4) is 0 Å². The lowest BCUT2D eigenvalue weighted by Crippen LogP contribution is -2.51. The van der Waals surface area contributed by atoms with Crippen molar-refractivity contribution in [1.82, 2.24) is 30.2 Å². The largest absolute Gasteiger partial charge is 0.506 e. The van der Waals surface area contributed by atoms with E-state index in [1.54, 1.807) is 35.2 Å². The van der Waals surface area contributed by atoms with Gasteiger partial charge in [0.05, 0.1) is 27.2 Å². The van der Waals surface area contributed by atoms with Crippen LogP contribution < -0.4 is 20.7 Å². The Kier molecular flexibility index (Phi) is 15.1. The standard InChI is InChI=1S/C36H38F3I4N7O8/c1-35(2)57-28-24(14-51)56-33(29(28)58-35)50-16-48-25-30(46-15-47-31(25)50)44-7-5-3-4-6-8-45-32(53)23(49-34(54)36(37,38)39)11-17-9-21(42)27(22(43)10-17)55-18-12-19(40)26(52)20(41)13-18/h9-10,12-13,15-16,23-24,28-29,33,51-52H,3-8,11,14H2,1-2H3,(H,45,53)(H,49,54)(H,44,46,47)/t23-,24+,28+,29+,33+/m0/s1. The fraction of sp³-hybridized carbons (Fsp3) is 0.472. The smallest absolute Gasteiger partial charge is 0.471 e. The van der Waals surface area contributed by atoms with E-state index in [-0.39, 0.29) is 25.3 Å². The monoisotopic (exact) mass is 1260 g/mol. The number of aromatic nitrogens is 4. The molecule has 0 spiro atoms. The first-order valence-corrected chi connectivity index (χ1v) is 22.3. The summed E-state index contributed by atoms with van der Waals surface area (Å²) in [5.41, 5.74) is 1.59. The van der Waals surface area contributed by atoms with E-state index in [2.05, 4.69) is 25.6 Å². The first-order chi connectivity index (χ1) is 27.5. The van der Waals surface area contributed by atoms with Gasteiger partial charge in [0.15, 0.2) is 34.7 Å². The maximum Gasteiger partial charge on any atom is 0.471 e. The summed E-state index contributed by atoms with van der Waals surface area (Å²) in [6, 6.07) is 5.25. The fourth-order valence-electron chi connectivity index (χ4n) is 6.57. The molecular weight excluding hydrogens is 1220 g/mol. The van der Waals surface area contributed by atoms with E-state index in [0.29, 0.717) is 61.3 Å². The molecule has 0 saturated carbocycles. The number of amides is 2. The van der Waals surface area contributed by atoms with E-state index in [1.165, 1.54) is 6.33 Å². The fourth-order valence-corrected chi connectivity index (χ4v) is 10.4. The maximum absolute atomic E-state index is 13.3. The Labute approximate surface area is 385 Å². The highest BCUT2D eigenvalue weighted by Gasteiger charge is 2.56. The number of nitrogens with zero attached hydrogens (tertiary/aromatic N) is 4. The van der Waals surface area contributed by atoms with Crippen LogP contribution in [0, 0.1) is 14.3 Å². The molecule has 2 aromatic heterocycles. The van der Waals surface area contributed by atoms with Crippen molar-refractivity contribution in [2.24, 2.45) is 0 Å². The van der Waals surface area contributed by atoms with Gasteiger partial charge >= 0.3 is 12.1 Å². The predicted octanol–water partition coefficient (Wildman–Crippen LogP) is 6.53. The minimum atomic E-state index is -5.17. The molecule has 2 aromatic carbocycles. The van der Waals surface area contributed by atoms with Gasteiger partial charge in [0.25, 0.3) is 0 Å². The highest BCUT2D eigenvalue weighted by atomic mass is 127. The van der Waals surface area contributed by atoms with Crippen LogP contribution in [0.2, 0.25) is 0 Å². The second kappa shape index (κ2) is 19.3. The number of rotatable bonds is 16. The second-order valence-corrected chi connectivity index (χ2v) is 18.6. The highest BCUT2D eigenvalue weighted by Crippen LogP contribution is 2.44. The zero-order valence-corrected chi connectivity index (χ0v) is 39.4. The molecule has 2 aliphatic heterocycles. The third kappa shape index (κ3) is 10.8. The molecule has 58 heavy (non-hydrogen) atoms. The molecule has 22 heteroatoms. The Bertz CT molecular complexity index is 2100.